The van der Waals surface area contributed by atoms with Crippen molar-refractivity contribution in [2.75, 3.05) is 13.2 Å². The number of hydrogen-bond donors (Lipinski definition) is 0. The van der Waals surface area contributed by atoms with Gasteiger partial charge in [-0.3, -0.25) is 9.59 Å². The van der Waals surface area contributed by atoms with E-state index in [4.69, 9.17) is 0 Å². The van der Waals surface area contributed by atoms with E-state index < -0.39 is 11.9 Å². The van der Waals surface area contributed by atoms with Crippen LogP contribution in [0.25, 0.3) is 0 Å². The average molecular weight is 206 g/mol. The molecule has 0 aliphatic rings. The van der Waals surface area contributed by atoms with Gasteiger partial charge in [-0.05, 0) is 13.8 Å². The first-order valence-corrected chi connectivity index (χ1v) is 3.52. The van der Waals surface area contributed by atoms with Gasteiger partial charge in [0, 0.05) is 59.1 Å². The summed E-state index contributed by atoms with van der Waals surface area (Å²) >= 11 is 0. The summed E-state index contributed by atoms with van der Waals surface area (Å²) in [5, 5.41) is 0. The van der Waals surface area contributed by atoms with Gasteiger partial charge in [-0.2, -0.15) is 0 Å². The third-order valence-electron chi connectivity index (χ3n) is 0.899. The largest absolute Gasteiger partial charge is 0.466 e. The molecule has 0 aromatic heterocycles. The molecule has 0 aromatic rings. The molecular weight excluding hydrogens is 194 g/mol. The second-order valence-electron chi connectivity index (χ2n) is 1.79. The van der Waals surface area contributed by atoms with Gasteiger partial charge in [-0.1, -0.05) is 0 Å². The first-order valence-electron chi connectivity index (χ1n) is 3.52. The molecule has 0 amide bonds. The molecule has 0 spiro atoms. The maximum atomic E-state index is 10.6. The molecule has 2 radical (unpaired) electrons. The molecule has 0 aliphatic carbocycles. The Bertz CT molecular complexity index is 133. The van der Waals surface area contributed by atoms with Crippen LogP contribution in [-0.4, -0.2) is 84.3 Å². The summed E-state index contributed by atoms with van der Waals surface area (Å²) in [6.07, 6.45) is -0.290. The molecule has 0 fully saturated rings. The van der Waals surface area contributed by atoms with Crippen molar-refractivity contribution in [3.63, 3.8) is 0 Å². The minimum absolute atomic E-state index is 0. The molecule has 0 atom stereocenters. The van der Waals surface area contributed by atoms with E-state index in [1.165, 1.54) is 0 Å². The zero-order chi connectivity index (χ0) is 8.69. The van der Waals surface area contributed by atoms with Gasteiger partial charge in [0.05, 0.1) is 13.2 Å². The molecule has 0 rings (SSSR count). The molecule has 0 saturated heterocycles. The van der Waals surface area contributed by atoms with Crippen LogP contribution in [-0.2, 0) is 19.1 Å². The van der Waals surface area contributed by atoms with Crippen LogP contribution >= 0.6 is 0 Å². The van der Waals surface area contributed by atoms with Gasteiger partial charge < -0.3 is 9.47 Å². The van der Waals surface area contributed by atoms with E-state index in [-0.39, 0.29) is 78.7 Å². The molecule has 4 nitrogen and oxygen atoms in total. The second-order valence-corrected chi connectivity index (χ2v) is 1.79. The summed E-state index contributed by atoms with van der Waals surface area (Å²) < 4.78 is 9.04. The zero-order valence-electron chi connectivity index (χ0n) is 8.75. The van der Waals surface area contributed by atoms with Gasteiger partial charge in [0.25, 0.3) is 0 Å². The van der Waals surface area contributed by atoms with Crippen molar-refractivity contribution in [1.82, 2.24) is 0 Å². The molecule has 0 N–H and O–H groups in total. The number of rotatable bonds is 4. The topological polar surface area (TPSA) is 52.6 Å². The summed E-state index contributed by atoms with van der Waals surface area (Å²) in [6, 6.07) is 0. The van der Waals surface area contributed by atoms with Gasteiger partial charge >= 0.3 is 11.9 Å². The Kier molecular flexibility index (Phi) is 19.4. The van der Waals surface area contributed by atoms with Crippen LogP contribution in [0.5, 0.6) is 0 Å². The number of carbonyl (C=O) groups excluding carboxylic acids is 2. The standard InChI is InChI=1S/C7H12O4.2Na/c1-3-10-6(8)5-7(9)11-4-2;;/h3-5H2,1-2H3;;. The van der Waals surface area contributed by atoms with Crippen molar-refractivity contribution >= 4 is 71.1 Å². The van der Waals surface area contributed by atoms with Crippen molar-refractivity contribution in [2.45, 2.75) is 20.3 Å². The molecular formula is C7H12Na2O4. The number of ether oxygens (including phenoxy) is 2. The Morgan fingerprint density at radius 2 is 1.23 bits per heavy atom. The Hall–Kier alpha value is 0.940. The number of carbonyl (C=O) groups is 2. The number of hydrogen-bond acceptors (Lipinski definition) is 4. The predicted octanol–water partition coefficient (Wildman–Crippen LogP) is -0.259. The SMILES string of the molecule is CCOC(=O)CC(=O)OCC.[Na].[Na]. The van der Waals surface area contributed by atoms with Crippen molar-refractivity contribution in [2.24, 2.45) is 0 Å². The summed E-state index contributed by atoms with van der Waals surface area (Å²) in [6.45, 7) is 3.95. The molecule has 0 bridgehead atoms. The van der Waals surface area contributed by atoms with Crippen molar-refractivity contribution in [3.05, 3.63) is 0 Å². The molecule has 0 unspecified atom stereocenters. The van der Waals surface area contributed by atoms with Gasteiger partial charge in [-0.25, -0.2) is 0 Å². The van der Waals surface area contributed by atoms with Crippen LogP contribution in [0.1, 0.15) is 20.3 Å². The minimum Gasteiger partial charge on any atom is -0.466 e. The van der Waals surface area contributed by atoms with E-state index in [9.17, 15) is 9.59 Å². The predicted molar refractivity (Wildman–Crippen MR) is 49.4 cm³/mol. The maximum absolute atomic E-state index is 10.6. The van der Waals surface area contributed by atoms with Crippen LogP contribution in [0.15, 0.2) is 0 Å². The van der Waals surface area contributed by atoms with E-state index in [0.29, 0.717) is 0 Å². The van der Waals surface area contributed by atoms with E-state index >= 15 is 0 Å². The fourth-order valence-electron chi connectivity index (χ4n) is 0.542. The number of esters is 2. The van der Waals surface area contributed by atoms with Crippen LogP contribution < -0.4 is 0 Å². The van der Waals surface area contributed by atoms with Gasteiger partial charge in [-0.15, -0.1) is 0 Å². The fraction of sp³-hybridized carbons (Fsp3) is 0.714. The van der Waals surface area contributed by atoms with Crippen LogP contribution in [0, 0.1) is 0 Å². The van der Waals surface area contributed by atoms with E-state index in [1.54, 1.807) is 13.8 Å². The molecule has 6 heteroatoms. The van der Waals surface area contributed by atoms with Crippen LogP contribution in [0.2, 0.25) is 0 Å². The molecule has 13 heavy (non-hydrogen) atoms. The minimum atomic E-state index is -0.536. The molecule has 0 aliphatic heterocycles. The third-order valence-corrected chi connectivity index (χ3v) is 0.899. The molecule has 66 valence electrons. The summed E-state index contributed by atoms with van der Waals surface area (Å²) in [5.41, 5.74) is 0. The second kappa shape index (κ2) is 12.9. The Morgan fingerprint density at radius 3 is 1.46 bits per heavy atom. The quantitative estimate of drug-likeness (QED) is 0.361. The molecule has 0 heterocycles. The van der Waals surface area contributed by atoms with Crippen LogP contribution in [0.4, 0.5) is 0 Å². The fourth-order valence-corrected chi connectivity index (χ4v) is 0.542. The van der Waals surface area contributed by atoms with Crippen molar-refractivity contribution in [1.29, 1.82) is 0 Å². The Balaban J connectivity index is -0.000000500. The van der Waals surface area contributed by atoms with E-state index in [2.05, 4.69) is 9.47 Å². The third kappa shape index (κ3) is 12.9. The molecule has 0 saturated carbocycles. The van der Waals surface area contributed by atoms with Crippen LogP contribution in [0.3, 0.4) is 0 Å². The maximum Gasteiger partial charge on any atom is 0.317 e. The monoisotopic (exact) mass is 206 g/mol. The van der Waals surface area contributed by atoms with Gasteiger partial charge in [0.15, 0.2) is 0 Å². The van der Waals surface area contributed by atoms with Crippen molar-refractivity contribution < 1.29 is 19.1 Å². The Labute approximate surface area is 122 Å². The van der Waals surface area contributed by atoms with Crippen molar-refractivity contribution in [3.8, 4) is 0 Å². The van der Waals surface area contributed by atoms with E-state index in [1.807, 2.05) is 0 Å². The van der Waals surface area contributed by atoms with Gasteiger partial charge in [0.1, 0.15) is 6.42 Å². The summed E-state index contributed by atoms with van der Waals surface area (Å²) in [4.78, 5) is 21.2. The summed E-state index contributed by atoms with van der Waals surface area (Å²) in [5.74, 6) is -1.07. The smallest absolute Gasteiger partial charge is 0.317 e. The average Bonchev–Trinajstić information content (AvgIpc) is 1.87. The zero-order valence-corrected chi connectivity index (χ0v) is 12.8. The first kappa shape index (κ1) is 19.5. The van der Waals surface area contributed by atoms with E-state index in [0.717, 1.165) is 0 Å². The Morgan fingerprint density at radius 1 is 0.923 bits per heavy atom. The molecule has 0 aromatic carbocycles. The van der Waals surface area contributed by atoms with Gasteiger partial charge in [0.2, 0.25) is 0 Å². The summed E-state index contributed by atoms with van der Waals surface area (Å²) in [7, 11) is 0. The first-order chi connectivity index (χ1) is 5.20. The normalized spacial score (nSPS) is 7.54.